The van der Waals surface area contributed by atoms with Gasteiger partial charge < -0.3 is 14.6 Å². The maximum absolute atomic E-state index is 12.4. The zero-order valence-corrected chi connectivity index (χ0v) is 12.0. The average molecular weight is 287 g/mol. The van der Waals surface area contributed by atoms with E-state index < -0.39 is 0 Å². The molecule has 1 N–H and O–H groups in total. The van der Waals surface area contributed by atoms with Gasteiger partial charge in [-0.2, -0.15) is 0 Å². The summed E-state index contributed by atoms with van der Waals surface area (Å²) in [7, 11) is 0. The van der Waals surface area contributed by atoms with E-state index in [1.54, 1.807) is 18.6 Å². The van der Waals surface area contributed by atoms with Crippen LogP contribution in [0.15, 0.2) is 18.6 Å². The molecule has 3 rings (SSSR count). The molecular formula is C14H17N5O2. The molecule has 0 bridgehead atoms. The number of amides is 1. The van der Waals surface area contributed by atoms with Gasteiger partial charge in [-0.3, -0.25) is 9.78 Å². The maximum Gasteiger partial charge on any atom is 0.275 e. The van der Waals surface area contributed by atoms with Gasteiger partial charge in [-0.1, -0.05) is 13.8 Å². The quantitative estimate of drug-likeness (QED) is 0.926. The van der Waals surface area contributed by atoms with Gasteiger partial charge in [0.05, 0.1) is 18.5 Å². The Morgan fingerprint density at radius 1 is 1.33 bits per heavy atom. The molecule has 0 radical (unpaired) electrons. The third-order valence-corrected chi connectivity index (χ3v) is 3.37. The number of anilines is 1. The molecule has 2 aromatic heterocycles. The molecule has 0 fully saturated rings. The summed E-state index contributed by atoms with van der Waals surface area (Å²) in [5, 5.41) is 2.83. The monoisotopic (exact) mass is 287 g/mol. The highest BCUT2D eigenvalue weighted by Crippen LogP contribution is 2.20. The number of nitrogens with zero attached hydrogens (tertiary/aromatic N) is 4. The molecule has 0 saturated heterocycles. The summed E-state index contributed by atoms with van der Waals surface area (Å²) in [5.41, 5.74) is 1.29. The van der Waals surface area contributed by atoms with Gasteiger partial charge in [0.15, 0.2) is 5.82 Å². The number of nitrogens with one attached hydrogen (secondary N) is 1. The van der Waals surface area contributed by atoms with Crippen molar-refractivity contribution in [1.82, 2.24) is 19.5 Å². The van der Waals surface area contributed by atoms with Gasteiger partial charge in [-0.15, -0.1) is 0 Å². The lowest BCUT2D eigenvalue weighted by molar-refractivity contribution is 0.0791. The van der Waals surface area contributed by atoms with Crippen molar-refractivity contribution in [3.63, 3.8) is 0 Å². The summed E-state index contributed by atoms with van der Waals surface area (Å²) in [4.78, 5) is 25.2. The number of hydrogen-bond acceptors (Lipinski definition) is 5. The summed E-state index contributed by atoms with van der Waals surface area (Å²) in [6.07, 6.45) is 4.77. The van der Waals surface area contributed by atoms with Gasteiger partial charge in [0.25, 0.3) is 5.91 Å². The van der Waals surface area contributed by atoms with Gasteiger partial charge in [-0.25, -0.2) is 9.97 Å². The van der Waals surface area contributed by atoms with Crippen molar-refractivity contribution >= 4 is 11.7 Å². The van der Waals surface area contributed by atoms with E-state index in [1.165, 1.54) is 0 Å². The number of ether oxygens (including phenoxy) is 1. The number of carbonyl (C=O) groups is 1. The van der Waals surface area contributed by atoms with Crippen molar-refractivity contribution in [2.75, 3.05) is 11.9 Å². The van der Waals surface area contributed by atoms with Crippen LogP contribution in [0.1, 0.15) is 41.8 Å². The number of hydrogen-bond donors (Lipinski definition) is 1. The molecule has 3 heterocycles. The first-order valence-corrected chi connectivity index (χ1v) is 6.91. The van der Waals surface area contributed by atoms with Crippen LogP contribution < -0.4 is 5.32 Å². The zero-order valence-electron chi connectivity index (χ0n) is 12.0. The summed E-state index contributed by atoms with van der Waals surface area (Å²) in [6, 6.07) is 0. The molecule has 0 aromatic carbocycles. The van der Waals surface area contributed by atoms with Crippen LogP contribution in [0.3, 0.4) is 0 Å². The molecule has 0 atom stereocenters. The Balaban J connectivity index is 1.86. The van der Waals surface area contributed by atoms with Gasteiger partial charge in [0, 0.05) is 18.9 Å². The van der Waals surface area contributed by atoms with Crippen LogP contribution in [-0.2, 0) is 17.9 Å². The minimum atomic E-state index is -0.224. The molecule has 1 amide bonds. The Morgan fingerprint density at radius 2 is 2.14 bits per heavy atom. The highest BCUT2D eigenvalue weighted by atomic mass is 16.5. The third kappa shape index (κ3) is 2.64. The lowest BCUT2D eigenvalue weighted by atomic mass is 10.1. The van der Waals surface area contributed by atoms with E-state index in [4.69, 9.17) is 4.74 Å². The number of imidazole rings is 1. The Labute approximate surface area is 122 Å². The number of rotatable bonds is 3. The van der Waals surface area contributed by atoms with Crippen molar-refractivity contribution in [3.8, 4) is 0 Å². The molecule has 110 valence electrons. The van der Waals surface area contributed by atoms with Crippen LogP contribution in [0.2, 0.25) is 0 Å². The maximum atomic E-state index is 12.4. The van der Waals surface area contributed by atoms with Crippen LogP contribution in [0, 0.1) is 0 Å². The zero-order chi connectivity index (χ0) is 14.8. The Bertz CT molecular complexity index is 665. The summed E-state index contributed by atoms with van der Waals surface area (Å²) < 4.78 is 7.20. The van der Waals surface area contributed by atoms with Crippen molar-refractivity contribution in [2.45, 2.75) is 32.9 Å². The highest BCUT2D eigenvalue weighted by Gasteiger charge is 2.21. The van der Waals surface area contributed by atoms with Gasteiger partial charge >= 0.3 is 0 Å². The standard InChI is InChI=1S/C14H17N5O2/c1-9(2)12-13(16-4-3-15-12)18-14(20)10-7-17-11-8-21-6-5-19(10)11/h3-4,7,9H,5-6,8H2,1-2H3,(H,16,18,20). The van der Waals surface area contributed by atoms with Crippen molar-refractivity contribution in [1.29, 1.82) is 0 Å². The predicted octanol–water partition coefficient (Wildman–Crippen LogP) is 1.58. The van der Waals surface area contributed by atoms with E-state index in [1.807, 2.05) is 18.4 Å². The van der Waals surface area contributed by atoms with Crippen molar-refractivity contribution < 1.29 is 9.53 Å². The molecule has 1 aliphatic heterocycles. The smallest absolute Gasteiger partial charge is 0.275 e. The van der Waals surface area contributed by atoms with Crippen LogP contribution in [0.5, 0.6) is 0 Å². The molecule has 0 unspecified atom stereocenters. The van der Waals surface area contributed by atoms with E-state index in [0.29, 0.717) is 31.3 Å². The molecule has 21 heavy (non-hydrogen) atoms. The van der Waals surface area contributed by atoms with Crippen LogP contribution in [0.25, 0.3) is 0 Å². The van der Waals surface area contributed by atoms with Gasteiger partial charge in [0.1, 0.15) is 18.1 Å². The largest absolute Gasteiger partial charge is 0.372 e. The molecule has 1 aliphatic rings. The first kappa shape index (κ1) is 13.7. The Hall–Kier alpha value is -2.28. The lowest BCUT2D eigenvalue weighted by Crippen LogP contribution is -2.24. The third-order valence-electron chi connectivity index (χ3n) is 3.37. The topological polar surface area (TPSA) is 81.9 Å². The minimum Gasteiger partial charge on any atom is -0.372 e. The summed E-state index contributed by atoms with van der Waals surface area (Å²) >= 11 is 0. The van der Waals surface area contributed by atoms with Crippen molar-refractivity contribution in [2.24, 2.45) is 0 Å². The second-order valence-corrected chi connectivity index (χ2v) is 5.16. The lowest BCUT2D eigenvalue weighted by Gasteiger charge is -2.17. The fourth-order valence-electron chi connectivity index (χ4n) is 2.32. The van der Waals surface area contributed by atoms with E-state index in [2.05, 4.69) is 20.3 Å². The van der Waals surface area contributed by atoms with Crippen LogP contribution in [-0.4, -0.2) is 32.0 Å². The van der Waals surface area contributed by atoms with Gasteiger partial charge in [-0.05, 0) is 5.92 Å². The average Bonchev–Trinajstić information content (AvgIpc) is 2.91. The summed E-state index contributed by atoms with van der Waals surface area (Å²) in [5.74, 6) is 1.23. The van der Waals surface area contributed by atoms with Gasteiger partial charge in [0.2, 0.25) is 0 Å². The first-order valence-electron chi connectivity index (χ1n) is 6.91. The Kier molecular flexibility index (Phi) is 3.66. The fraction of sp³-hybridized carbons (Fsp3) is 0.429. The molecule has 0 saturated carbocycles. The number of fused-ring (bicyclic) bond motifs is 1. The second kappa shape index (κ2) is 5.61. The normalized spacial score (nSPS) is 14.0. The highest BCUT2D eigenvalue weighted by molar-refractivity contribution is 6.02. The molecular weight excluding hydrogens is 270 g/mol. The van der Waals surface area contributed by atoms with Crippen LogP contribution in [0.4, 0.5) is 5.82 Å². The SMILES string of the molecule is CC(C)c1nccnc1NC(=O)c1cnc2n1CCOC2. The van der Waals surface area contributed by atoms with E-state index in [9.17, 15) is 4.79 Å². The van der Waals surface area contributed by atoms with E-state index in [-0.39, 0.29) is 11.8 Å². The van der Waals surface area contributed by atoms with E-state index >= 15 is 0 Å². The molecule has 7 heteroatoms. The fourth-order valence-corrected chi connectivity index (χ4v) is 2.32. The van der Waals surface area contributed by atoms with Crippen molar-refractivity contribution in [3.05, 3.63) is 35.8 Å². The Morgan fingerprint density at radius 3 is 2.95 bits per heavy atom. The predicted molar refractivity (Wildman–Crippen MR) is 76.0 cm³/mol. The minimum absolute atomic E-state index is 0.182. The molecule has 0 aliphatic carbocycles. The van der Waals surface area contributed by atoms with E-state index in [0.717, 1.165) is 11.5 Å². The second-order valence-electron chi connectivity index (χ2n) is 5.16. The first-order chi connectivity index (χ1) is 10.2. The molecule has 2 aromatic rings. The number of carbonyl (C=O) groups excluding carboxylic acids is 1. The molecule has 0 spiro atoms. The summed E-state index contributed by atoms with van der Waals surface area (Å²) in [6.45, 7) is 5.69. The number of aromatic nitrogens is 4. The van der Waals surface area contributed by atoms with Crippen LogP contribution >= 0.6 is 0 Å². The molecule has 7 nitrogen and oxygen atoms in total.